The molecule has 1 saturated carbocycles. The van der Waals surface area contributed by atoms with E-state index in [0.29, 0.717) is 5.56 Å². The minimum Gasteiger partial charge on any atom is -0.302 e. The topological polar surface area (TPSA) is 40.9 Å². The average molecular weight is 171 g/mol. The lowest BCUT2D eigenvalue weighted by Gasteiger charge is -2.06. The first-order chi connectivity index (χ1) is 6.30. The number of nitrogens with zero attached hydrogens (tertiary/aromatic N) is 1. The second-order valence-electron chi connectivity index (χ2n) is 3.47. The van der Waals surface area contributed by atoms with E-state index < -0.39 is 0 Å². The van der Waals surface area contributed by atoms with Crippen LogP contribution >= 0.6 is 0 Å². The van der Waals surface area contributed by atoms with Crippen LogP contribution in [0.15, 0.2) is 24.3 Å². The molecule has 0 unspecified atom stereocenters. The highest BCUT2D eigenvalue weighted by Crippen LogP contribution is 2.46. The van der Waals surface area contributed by atoms with Gasteiger partial charge in [0.05, 0.1) is 17.0 Å². The Balaban J connectivity index is 2.42. The Morgan fingerprint density at radius 3 is 2.77 bits per heavy atom. The summed E-state index contributed by atoms with van der Waals surface area (Å²) in [4.78, 5) is 10.8. The van der Waals surface area contributed by atoms with Gasteiger partial charge >= 0.3 is 0 Å². The molecule has 0 aromatic heterocycles. The van der Waals surface area contributed by atoms with Crippen molar-refractivity contribution in [1.82, 2.24) is 0 Å². The number of nitriles is 1. The predicted molar refractivity (Wildman–Crippen MR) is 48.1 cm³/mol. The van der Waals surface area contributed by atoms with Crippen LogP contribution in [0.4, 0.5) is 0 Å². The van der Waals surface area contributed by atoms with Crippen LogP contribution in [-0.4, -0.2) is 6.29 Å². The normalized spacial score (nSPS) is 17.5. The zero-order chi connectivity index (χ0) is 9.31. The Bertz CT molecular complexity index is 385. The molecule has 2 rings (SSSR count). The van der Waals surface area contributed by atoms with Crippen LogP contribution in [0.25, 0.3) is 0 Å². The van der Waals surface area contributed by atoms with Gasteiger partial charge in [0.15, 0.2) is 0 Å². The first kappa shape index (κ1) is 8.00. The lowest BCUT2D eigenvalue weighted by Crippen LogP contribution is -2.07. The summed E-state index contributed by atoms with van der Waals surface area (Å²) in [6, 6.07) is 9.39. The van der Waals surface area contributed by atoms with Crippen molar-refractivity contribution in [2.24, 2.45) is 0 Å². The van der Waals surface area contributed by atoms with Gasteiger partial charge in [0, 0.05) is 0 Å². The van der Waals surface area contributed by atoms with Crippen LogP contribution < -0.4 is 0 Å². The monoisotopic (exact) mass is 171 g/mol. The van der Waals surface area contributed by atoms with Crippen LogP contribution in [0.1, 0.15) is 24.0 Å². The van der Waals surface area contributed by atoms with Gasteiger partial charge in [-0.25, -0.2) is 0 Å². The molecule has 1 aliphatic carbocycles. The van der Waals surface area contributed by atoms with Gasteiger partial charge in [-0.1, -0.05) is 12.1 Å². The van der Waals surface area contributed by atoms with E-state index in [1.165, 1.54) is 0 Å². The number of rotatable bonds is 2. The van der Waals surface area contributed by atoms with E-state index in [1.807, 2.05) is 12.1 Å². The average Bonchev–Trinajstić information content (AvgIpc) is 2.99. The number of hydrogen-bond donors (Lipinski definition) is 0. The third kappa shape index (κ3) is 1.23. The van der Waals surface area contributed by atoms with Gasteiger partial charge in [0.25, 0.3) is 0 Å². The fraction of sp³-hybridized carbons (Fsp3) is 0.273. The maximum absolute atomic E-state index is 10.8. The molecule has 64 valence electrons. The smallest absolute Gasteiger partial charge is 0.130 e. The van der Waals surface area contributed by atoms with Crippen LogP contribution in [0.5, 0.6) is 0 Å². The van der Waals surface area contributed by atoms with Gasteiger partial charge in [-0.05, 0) is 30.5 Å². The zero-order valence-electron chi connectivity index (χ0n) is 7.16. The number of hydrogen-bond acceptors (Lipinski definition) is 2. The third-order valence-electron chi connectivity index (χ3n) is 2.58. The first-order valence-electron chi connectivity index (χ1n) is 4.28. The van der Waals surface area contributed by atoms with Gasteiger partial charge in [0.1, 0.15) is 6.29 Å². The van der Waals surface area contributed by atoms with E-state index >= 15 is 0 Å². The van der Waals surface area contributed by atoms with Crippen LogP contribution in [0, 0.1) is 11.3 Å². The summed E-state index contributed by atoms with van der Waals surface area (Å²) in [6.07, 6.45) is 2.85. The minimum absolute atomic E-state index is 0.257. The molecule has 0 amide bonds. The third-order valence-corrected chi connectivity index (χ3v) is 2.58. The fourth-order valence-electron chi connectivity index (χ4n) is 1.51. The summed E-state index contributed by atoms with van der Waals surface area (Å²) in [7, 11) is 0. The second kappa shape index (κ2) is 2.70. The standard InChI is InChI=1S/C11H9NO/c12-7-9-2-1-3-10(6-9)11(8-13)4-5-11/h1-3,6,8H,4-5H2. The lowest BCUT2D eigenvalue weighted by molar-refractivity contribution is -0.109. The van der Waals surface area contributed by atoms with E-state index in [1.54, 1.807) is 12.1 Å². The summed E-state index contributed by atoms with van der Waals surface area (Å²) >= 11 is 0. The summed E-state index contributed by atoms with van der Waals surface area (Å²) in [5, 5.41) is 8.68. The van der Waals surface area contributed by atoms with E-state index in [-0.39, 0.29) is 5.41 Å². The predicted octanol–water partition coefficient (Wildman–Crippen LogP) is 1.79. The largest absolute Gasteiger partial charge is 0.302 e. The summed E-state index contributed by atoms with van der Waals surface area (Å²) in [5.74, 6) is 0. The number of carbonyl (C=O) groups is 1. The van der Waals surface area contributed by atoms with Crippen molar-refractivity contribution in [2.45, 2.75) is 18.3 Å². The highest BCUT2D eigenvalue weighted by molar-refractivity contribution is 5.73. The van der Waals surface area contributed by atoms with Gasteiger partial charge in [-0.15, -0.1) is 0 Å². The highest BCUT2D eigenvalue weighted by atomic mass is 16.1. The highest BCUT2D eigenvalue weighted by Gasteiger charge is 2.44. The van der Waals surface area contributed by atoms with E-state index in [9.17, 15) is 4.79 Å². The molecular formula is C11H9NO. The molecule has 13 heavy (non-hydrogen) atoms. The van der Waals surface area contributed by atoms with Crippen molar-refractivity contribution in [3.05, 3.63) is 35.4 Å². The van der Waals surface area contributed by atoms with E-state index in [0.717, 1.165) is 24.7 Å². The zero-order valence-corrected chi connectivity index (χ0v) is 7.16. The van der Waals surface area contributed by atoms with Gasteiger partial charge in [-0.2, -0.15) is 5.26 Å². The molecule has 1 aromatic carbocycles. The molecule has 0 N–H and O–H groups in total. The number of benzene rings is 1. The molecule has 0 aliphatic heterocycles. The Morgan fingerprint density at radius 2 is 2.23 bits per heavy atom. The molecule has 0 heterocycles. The molecule has 0 saturated heterocycles. The van der Waals surface area contributed by atoms with E-state index in [2.05, 4.69) is 6.07 Å². The number of aldehydes is 1. The SMILES string of the molecule is N#Cc1cccc(C2(C=O)CC2)c1. The van der Waals surface area contributed by atoms with Crippen molar-refractivity contribution >= 4 is 6.29 Å². The summed E-state index contributed by atoms with van der Waals surface area (Å²) < 4.78 is 0. The molecule has 0 spiro atoms. The van der Waals surface area contributed by atoms with Crippen molar-refractivity contribution in [2.75, 3.05) is 0 Å². The molecular weight excluding hydrogens is 162 g/mol. The van der Waals surface area contributed by atoms with Crippen LogP contribution in [0.3, 0.4) is 0 Å². The molecule has 1 aromatic rings. The Hall–Kier alpha value is -1.62. The Kier molecular flexibility index (Phi) is 1.66. The van der Waals surface area contributed by atoms with Gasteiger partial charge in [0.2, 0.25) is 0 Å². The molecule has 2 nitrogen and oxygen atoms in total. The Morgan fingerprint density at radius 1 is 1.46 bits per heavy atom. The molecule has 0 radical (unpaired) electrons. The van der Waals surface area contributed by atoms with Gasteiger partial charge in [-0.3, -0.25) is 0 Å². The Labute approximate surface area is 76.8 Å². The van der Waals surface area contributed by atoms with Crippen LogP contribution in [-0.2, 0) is 10.2 Å². The summed E-state index contributed by atoms with van der Waals surface area (Å²) in [6.45, 7) is 0. The van der Waals surface area contributed by atoms with Crippen molar-refractivity contribution < 1.29 is 4.79 Å². The van der Waals surface area contributed by atoms with Crippen LogP contribution in [0.2, 0.25) is 0 Å². The number of carbonyl (C=O) groups excluding carboxylic acids is 1. The maximum atomic E-state index is 10.8. The van der Waals surface area contributed by atoms with Crippen molar-refractivity contribution in [3.63, 3.8) is 0 Å². The quantitative estimate of drug-likeness (QED) is 0.636. The summed E-state index contributed by atoms with van der Waals surface area (Å²) in [5.41, 5.74) is 1.36. The first-order valence-corrected chi connectivity index (χ1v) is 4.28. The maximum Gasteiger partial charge on any atom is 0.130 e. The van der Waals surface area contributed by atoms with Crippen molar-refractivity contribution in [1.29, 1.82) is 5.26 Å². The van der Waals surface area contributed by atoms with Gasteiger partial charge < -0.3 is 4.79 Å². The van der Waals surface area contributed by atoms with E-state index in [4.69, 9.17) is 5.26 Å². The molecule has 1 aliphatic rings. The molecule has 1 fully saturated rings. The minimum atomic E-state index is -0.257. The molecule has 0 bridgehead atoms. The fourth-order valence-corrected chi connectivity index (χ4v) is 1.51. The lowest BCUT2D eigenvalue weighted by atomic mass is 9.96. The molecule has 0 atom stereocenters. The van der Waals surface area contributed by atoms with Crippen molar-refractivity contribution in [3.8, 4) is 6.07 Å². The molecule has 2 heteroatoms. The second-order valence-corrected chi connectivity index (χ2v) is 3.47.